The summed E-state index contributed by atoms with van der Waals surface area (Å²) in [5.41, 5.74) is 3.22. The van der Waals surface area contributed by atoms with Crippen LogP contribution in [0.2, 0.25) is 0 Å². The van der Waals surface area contributed by atoms with Crippen molar-refractivity contribution >= 4 is 130 Å². The number of para-hydroxylation sites is 1. The van der Waals surface area contributed by atoms with Gasteiger partial charge in [0.2, 0.25) is 5.78 Å². The van der Waals surface area contributed by atoms with E-state index in [1.54, 1.807) is 54.6 Å². The Kier molecular flexibility index (Phi) is 20.0. The summed E-state index contributed by atoms with van der Waals surface area (Å²) < 4.78 is 145. The number of anilines is 3. The zero-order valence-corrected chi connectivity index (χ0v) is 50.7. The molecule has 29 heteroatoms. The van der Waals surface area contributed by atoms with Gasteiger partial charge < -0.3 is 28.6 Å². The number of fused-ring (bicyclic) bond motifs is 4. The number of ketones is 1. The van der Waals surface area contributed by atoms with Gasteiger partial charge in [-0.05, 0) is 108 Å². The average Bonchev–Trinajstić information content (AvgIpc) is 3.31. The monoisotopic (exact) mass is 1120 g/mol. The van der Waals surface area contributed by atoms with Gasteiger partial charge in [0.1, 0.15) is 51.9 Å². The van der Waals surface area contributed by atoms with Gasteiger partial charge in [-0.3, -0.25) is 10.2 Å². The van der Waals surface area contributed by atoms with Crippen molar-refractivity contribution in [3.8, 4) is 5.75 Å². The molecule has 0 spiro atoms. The van der Waals surface area contributed by atoms with Gasteiger partial charge in [0, 0.05) is 38.5 Å². The quantitative estimate of drug-likeness (QED) is 0.0467. The van der Waals surface area contributed by atoms with Gasteiger partial charge >= 0.3 is 118 Å². The van der Waals surface area contributed by atoms with Gasteiger partial charge in [0.05, 0.1) is 53.4 Å². The molecule has 8 aromatic rings. The second-order valence-corrected chi connectivity index (χ2v) is 20.9. The summed E-state index contributed by atoms with van der Waals surface area (Å²) in [6.07, 6.45) is 1.01. The molecule has 3 N–H and O–H groups in total. The smallest absolute Gasteiger partial charge is 0.744 e. The number of phenolic OH excluding ortho intramolecular Hbond substituents is 1. The maximum absolute atomic E-state index is 13.8. The molecule has 0 saturated heterocycles. The fraction of sp³-hybridized carbons (Fsp3) is 0. The second-order valence-electron chi connectivity index (χ2n) is 15.4. The van der Waals surface area contributed by atoms with Crippen LogP contribution in [0, 0.1) is 0 Å². The van der Waals surface area contributed by atoms with E-state index in [0.29, 0.717) is 28.2 Å². The van der Waals surface area contributed by atoms with Crippen LogP contribution < -0.4 is 129 Å². The number of benzene rings is 8. The van der Waals surface area contributed by atoms with E-state index in [2.05, 4.69) is 36.3 Å². The Morgan fingerprint density at radius 3 is 1.55 bits per heavy atom. The molecule has 9 rings (SSSR count). The van der Waals surface area contributed by atoms with Crippen LogP contribution in [0.4, 0.5) is 39.8 Å². The number of allylic oxidation sites excluding steroid dienone is 1. The zero-order chi connectivity index (χ0) is 50.6. The molecule has 0 fully saturated rings. The first-order chi connectivity index (χ1) is 33.5. The number of rotatable bonds is 12. The van der Waals surface area contributed by atoms with Crippen molar-refractivity contribution in [1.29, 1.82) is 0 Å². The van der Waals surface area contributed by atoms with E-state index in [-0.39, 0.29) is 179 Å². The molecule has 0 bridgehead atoms. The number of hydrogen-bond donors (Lipinski definition) is 3. The maximum Gasteiger partial charge on any atom is 1.00 e. The number of hydrogen-bond acceptors (Lipinski definition) is 21. The molecule has 0 atom stereocenters. The van der Waals surface area contributed by atoms with Crippen LogP contribution in [0.5, 0.6) is 5.75 Å². The van der Waals surface area contributed by atoms with Crippen LogP contribution in [0.25, 0.3) is 38.4 Å². The second kappa shape index (κ2) is 24.3. The fourth-order valence-electron chi connectivity index (χ4n) is 7.61. The van der Waals surface area contributed by atoms with E-state index in [1.165, 1.54) is 42.5 Å². The van der Waals surface area contributed by atoms with Gasteiger partial charge in [-0.25, -0.2) is 33.7 Å². The molecule has 0 unspecified atom stereocenters. The predicted molar refractivity (Wildman–Crippen MR) is 255 cm³/mol. The summed E-state index contributed by atoms with van der Waals surface area (Å²) in [6, 6.07) is 32.0. The fourth-order valence-corrected chi connectivity index (χ4v) is 9.81. The Hall–Kier alpha value is -4.14. The largest absolute Gasteiger partial charge is 1.00 e. The first kappa shape index (κ1) is 61.7. The zero-order valence-electron chi connectivity index (χ0n) is 39.5. The van der Waals surface area contributed by atoms with Crippen LogP contribution in [0.3, 0.4) is 0 Å². The Labute approximate surface area is 515 Å². The van der Waals surface area contributed by atoms with Crippen molar-refractivity contribution in [2.75, 3.05) is 10.7 Å². The Morgan fingerprint density at radius 2 is 0.987 bits per heavy atom. The molecular weight excluding hydrogens is 1090 g/mol. The molecule has 8 aromatic carbocycles. The Bertz CT molecular complexity index is 4220. The molecule has 21 nitrogen and oxygen atoms in total. The Balaban J connectivity index is 0.00000260. The number of carbonyl (C=O) groups is 1. The topological polar surface area (TPSA) is 352 Å². The molecule has 0 heterocycles. The number of nitrogens with zero attached hydrogens (tertiary/aromatic N) is 5. The number of azo groups is 2. The third-order valence-corrected chi connectivity index (χ3v) is 14.2. The minimum Gasteiger partial charge on any atom is -0.744 e. The van der Waals surface area contributed by atoms with Gasteiger partial charge in [-0.1, -0.05) is 48.5 Å². The number of hydrazone groups is 1. The van der Waals surface area contributed by atoms with Crippen molar-refractivity contribution in [3.05, 3.63) is 156 Å². The molecular formula is C46H27N7Na4O14S4. The predicted octanol–water partition coefficient (Wildman–Crippen LogP) is -3.29. The van der Waals surface area contributed by atoms with Crippen LogP contribution in [0.1, 0.15) is 15.9 Å². The van der Waals surface area contributed by atoms with E-state index in [1.807, 2.05) is 6.07 Å². The van der Waals surface area contributed by atoms with E-state index in [4.69, 9.17) is 0 Å². The van der Waals surface area contributed by atoms with Crippen molar-refractivity contribution in [2.45, 2.75) is 14.7 Å². The number of phenols is 1. The van der Waals surface area contributed by atoms with Gasteiger partial charge in [-0.2, -0.15) is 5.10 Å². The molecule has 0 aliphatic heterocycles. The molecule has 1 aliphatic carbocycles. The summed E-state index contributed by atoms with van der Waals surface area (Å²) >= 11 is 0. The van der Waals surface area contributed by atoms with Gasteiger partial charge in [0.15, 0.2) is 0 Å². The molecule has 0 amide bonds. The summed E-state index contributed by atoms with van der Waals surface area (Å²) in [7, 11) is -20.7. The maximum atomic E-state index is 13.8. The summed E-state index contributed by atoms with van der Waals surface area (Å²) in [6.45, 7) is 0. The standard InChI is InChI=1S/C46H31N7O14S4.4Na/c54-42-24-31(70(62,63)64)20-26-19-30(69(59,60)61)23-41(44(26)42)52-50-38-15-14-37(33-8-4-5-9-34(33)38)48-49-39-16-17-40(36-22-29(68(56,57)58)11-13-35(36)39)51-53-45-43(71(65,66)67)21-25-18-28(10-12-32(25)46(45)55)47-27-6-2-1-3-7-27;;;;/h1-24,47,51,54H,(H,56,57,58)(H,59,60,61)(H,62,63,64)(H,65,66,67);;;;/q;4*+1/p-4/b49-48?,52-50?,53-45+;;;;. The summed E-state index contributed by atoms with van der Waals surface area (Å²) in [4.78, 5) is 10.4. The first-order valence-corrected chi connectivity index (χ1v) is 25.8. The average molecular weight is 1120 g/mol. The molecule has 1 aliphatic rings. The number of carbonyl (C=O) groups excluding carboxylic acids is 1. The third-order valence-electron chi connectivity index (χ3n) is 10.8. The Morgan fingerprint density at radius 1 is 0.467 bits per heavy atom. The van der Waals surface area contributed by atoms with Gasteiger partial charge in [0.25, 0.3) is 0 Å². The number of Topliss-reactive ketones (excluding diaryl/α,β-unsaturated/α-hetero) is 1. The minimum atomic E-state index is -5.32. The van der Waals surface area contributed by atoms with Crippen molar-refractivity contribution in [2.24, 2.45) is 25.6 Å². The first-order valence-electron chi connectivity index (χ1n) is 20.2. The normalized spacial score (nSPS) is 13.4. The van der Waals surface area contributed by atoms with Crippen molar-refractivity contribution in [3.63, 3.8) is 0 Å². The van der Waals surface area contributed by atoms with Crippen LogP contribution >= 0.6 is 0 Å². The van der Waals surface area contributed by atoms with Crippen LogP contribution in [-0.2, 0) is 40.5 Å². The van der Waals surface area contributed by atoms with Gasteiger partial charge in [-0.15, -0.1) is 20.5 Å². The summed E-state index contributed by atoms with van der Waals surface area (Å²) in [5.74, 6) is -1.69. The van der Waals surface area contributed by atoms with E-state index >= 15 is 0 Å². The van der Waals surface area contributed by atoms with E-state index in [0.717, 1.165) is 36.4 Å². The van der Waals surface area contributed by atoms with Crippen LogP contribution in [-0.4, -0.2) is 68.5 Å². The number of aromatic hydroxyl groups is 1. The van der Waals surface area contributed by atoms with Crippen molar-refractivity contribution in [1.82, 2.24) is 0 Å². The SMILES string of the molecule is O=C1/C(=N/Nc2ccc(N=Nc3ccc(N=Nc4cc(S(=O)(=O)[O-])cc5cc(S(=O)(=O)[O-])cc(O)c45)c4ccccc34)c3ccc(S(=O)(=O)[O-])cc23)C(S(=O)(=O)[O-])=Cc2cc(Nc3ccccc3)ccc21.[Na+].[Na+].[Na+].[Na+]. The number of nitrogens with one attached hydrogen (secondary N) is 2. The molecule has 0 radical (unpaired) electrons. The molecule has 358 valence electrons. The van der Waals surface area contributed by atoms with Crippen molar-refractivity contribution < 1.29 is 180 Å². The third kappa shape index (κ3) is 13.6. The molecule has 75 heavy (non-hydrogen) atoms. The summed E-state index contributed by atoms with van der Waals surface area (Å²) in [5, 5.41) is 35.5. The van der Waals surface area contributed by atoms with E-state index in [9.17, 15) is 61.8 Å². The van der Waals surface area contributed by atoms with E-state index < -0.39 is 77.3 Å². The minimum absolute atomic E-state index is 0. The molecule has 0 saturated carbocycles. The molecule has 0 aromatic heterocycles. The van der Waals surface area contributed by atoms with Crippen LogP contribution in [0.15, 0.2) is 185 Å².